The Balaban J connectivity index is 1.74. The van der Waals surface area contributed by atoms with Gasteiger partial charge >= 0.3 is 5.69 Å². The fraction of sp³-hybridized carbons (Fsp3) is 0.194. The minimum Gasteiger partial charge on any atom is -0.385 e. The molecule has 0 aliphatic carbocycles. The van der Waals surface area contributed by atoms with Crippen molar-refractivity contribution in [1.29, 1.82) is 0 Å². The van der Waals surface area contributed by atoms with Crippen molar-refractivity contribution in [3.8, 4) is 0 Å². The van der Waals surface area contributed by atoms with E-state index in [9.17, 15) is 39.6 Å². The monoisotopic (exact) mass is 585 g/mol. The molecular weight excluding hydrogens is 558 g/mol. The maximum Gasteiger partial charge on any atom is 0.351 e. The molecule has 3 aromatic carbocycles. The van der Waals surface area contributed by atoms with E-state index in [1.54, 1.807) is 18.2 Å². The number of aliphatic hydroxyl groups excluding tert-OH is 2. The summed E-state index contributed by atoms with van der Waals surface area (Å²) in [5.74, 6) is -4.30. The zero-order valence-electron chi connectivity index (χ0n) is 22.4. The van der Waals surface area contributed by atoms with E-state index in [-0.39, 0.29) is 22.5 Å². The van der Waals surface area contributed by atoms with Crippen LogP contribution in [0.5, 0.6) is 0 Å². The number of carbonyl (C=O) groups excluding carboxylic acids is 3. The van der Waals surface area contributed by atoms with Crippen LogP contribution in [-0.4, -0.2) is 70.7 Å². The molecule has 1 aliphatic heterocycles. The molecule has 6 atom stereocenters. The van der Waals surface area contributed by atoms with E-state index < -0.39 is 58.8 Å². The Bertz CT molecular complexity index is 1710. The summed E-state index contributed by atoms with van der Waals surface area (Å²) >= 11 is 0. The van der Waals surface area contributed by atoms with E-state index in [4.69, 9.17) is 10.5 Å². The largest absolute Gasteiger partial charge is 0.385 e. The summed E-state index contributed by atoms with van der Waals surface area (Å²) in [6.45, 7) is 0. The number of ether oxygens (including phenoxy) is 1. The first-order valence-corrected chi connectivity index (χ1v) is 13.1. The van der Waals surface area contributed by atoms with E-state index in [2.05, 4.69) is 4.98 Å². The third kappa shape index (κ3) is 4.96. The standard InChI is InChI=1S/C31H27N3O9/c32-21-16-17-34(29(40)33-21)27-26(39)31(42,24(37)20-14-8-3-9-15-20)28(43-27)30(41,23(36)19-12-6-2-7-13-19)25(38)22(35)18-10-4-1-5-11-18/h1-17,22,26-28,35,39,41-42H,(H2,32,33,40)/t22?,26-,27?,28+,30+,31-/m0/s1. The Morgan fingerprint density at radius 2 is 1.44 bits per heavy atom. The van der Waals surface area contributed by atoms with Gasteiger partial charge < -0.3 is 30.9 Å². The van der Waals surface area contributed by atoms with Crippen LogP contribution in [0.15, 0.2) is 108 Å². The number of hydrogen-bond acceptors (Lipinski definition) is 11. The molecule has 43 heavy (non-hydrogen) atoms. The molecule has 12 heteroatoms. The van der Waals surface area contributed by atoms with Crippen LogP contribution in [0.3, 0.4) is 0 Å². The van der Waals surface area contributed by atoms with Crippen molar-refractivity contribution in [2.75, 3.05) is 5.73 Å². The molecule has 2 unspecified atom stereocenters. The summed E-state index contributed by atoms with van der Waals surface area (Å²) in [6.07, 6.45) is -7.91. The van der Waals surface area contributed by atoms with Crippen LogP contribution in [0.1, 0.15) is 38.6 Å². The van der Waals surface area contributed by atoms with Gasteiger partial charge in [0.25, 0.3) is 0 Å². The van der Waals surface area contributed by atoms with E-state index in [1.165, 1.54) is 78.9 Å². The number of nitrogens with two attached hydrogens (primary N) is 1. The summed E-state index contributed by atoms with van der Waals surface area (Å²) in [4.78, 5) is 58.4. The topological polar surface area (TPSA) is 202 Å². The Labute approximate surface area is 244 Å². The van der Waals surface area contributed by atoms with Gasteiger partial charge in [-0.1, -0.05) is 91.0 Å². The number of anilines is 1. The number of aromatic nitrogens is 2. The number of Topliss-reactive ketones (excluding diaryl/α,β-unsaturated/α-hetero) is 3. The molecule has 2 heterocycles. The first-order valence-electron chi connectivity index (χ1n) is 13.1. The lowest BCUT2D eigenvalue weighted by molar-refractivity contribution is -0.169. The van der Waals surface area contributed by atoms with Crippen LogP contribution in [0, 0.1) is 0 Å². The maximum absolute atomic E-state index is 14.1. The minimum absolute atomic E-state index is 0.0150. The van der Waals surface area contributed by atoms with Crippen LogP contribution >= 0.6 is 0 Å². The Kier molecular flexibility index (Phi) is 7.88. The lowest BCUT2D eigenvalue weighted by Gasteiger charge is -2.39. The Hall–Kier alpha value is -4.85. The molecule has 0 amide bonds. The second-order valence-electron chi connectivity index (χ2n) is 10.1. The van der Waals surface area contributed by atoms with Crippen molar-refractivity contribution in [3.05, 3.63) is 130 Å². The Morgan fingerprint density at radius 3 is 2.00 bits per heavy atom. The summed E-state index contributed by atoms with van der Waals surface area (Å²) < 4.78 is 6.50. The third-order valence-electron chi connectivity index (χ3n) is 7.42. The highest BCUT2D eigenvalue weighted by Crippen LogP contribution is 2.46. The number of benzene rings is 3. The third-order valence-corrected chi connectivity index (χ3v) is 7.42. The van der Waals surface area contributed by atoms with Crippen LogP contribution < -0.4 is 11.4 Å². The number of rotatable bonds is 9. The van der Waals surface area contributed by atoms with Crippen molar-refractivity contribution in [1.82, 2.24) is 9.55 Å². The van der Waals surface area contributed by atoms with Gasteiger partial charge in [-0.2, -0.15) is 4.98 Å². The minimum atomic E-state index is -3.49. The molecule has 0 spiro atoms. The highest BCUT2D eigenvalue weighted by molar-refractivity contribution is 6.20. The number of nitrogen functional groups attached to an aromatic ring is 1. The average molecular weight is 586 g/mol. The summed E-state index contributed by atoms with van der Waals surface area (Å²) in [6, 6.07) is 22.6. The second-order valence-corrected chi connectivity index (χ2v) is 10.1. The zero-order valence-corrected chi connectivity index (χ0v) is 22.4. The van der Waals surface area contributed by atoms with E-state index in [0.717, 1.165) is 6.20 Å². The van der Waals surface area contributed by atoms with Gasteiger partial charge in [0.2, 0.25) is 17.2 Å². The van der Waals surface area contributed by atoms with Gasteiger partial charge in [-0.3, -0.25) is 19.0 Å². The lowest BCUT2D eigenvalue weighted by atomic mass is 9.71. The summed E-state index contributed by atoms with van der Waals surface area (Å²) in [5.41, 5.74) is -2.62. The molecule has 1 fully saturated rings. The van der Waals surface area contributed by atoms with Gasteiger partial charge in [0, 0.05) is 17.3 Å². The molecule has 0 saturated carbocycles. The quantitative estimate of drug-likeness (QED) is 0.136. The highest BCUT2D eigenvalue weighted by Gasteiger charge is 2.71. The second kappa shape index (κ2) is 11.4. The lowest BCUT2D eigenvalue weighted by Crippen LogP contribution is -2.68. The van der Waals surface area contributed by atoms with Gasteiger partial charge in [-0.15, -0.1) is 0 Å². The smallest absolute Gasteiger partial charge is 0.351 e. The number of hydrogen-bond donors (Lipinski definition) is 5. The molecule has 1 aromatic heterocycles. The normalized spacial score (nSPS) is 23.7. The molecule has 220 valence electrons. The van der Waals surface area contributed by atoms with Crippen molar-refractivity contribution in [2.24, 2.45) is 0 Å². The van der Waals surface area contributed by atoms with Crippen LogP contribution in [-0.2, 0) is 9.53 Å². The van der Waals surface area contributed by atoms with Crippen LogP contribution in [0.2, 0.25) is 0 Å². The van der Waals surface area contributed by atoms with E-state index in [1.807, 2.05) is 0 Å². The molecule has 5 rings (SSSR count). The van der Waals surface area contributed by atoms with Crippen LogP contribution in [0.4, 0.5) is 5.82 Å². The van der Waals surface area contributed by atoms with E-state index >= 15 is 0 Å². The molecule has 12 nitrogen and oxygen atoms in total. The molecule has 4 aromatic rings. The SMILES string of the molecule is Nc1ccn(C2O[C@H]([C@@](O)(C(=O)c3ccccc3)C(=O)C(O)c3ccccc3)[C@](O)(C(=O)c3ccccc3)[C@H]2O)c(=O)n1. The first-order chi connectivity index (χ1) is 20.5. The van der Waals surface area contributed by atoms with Crippen molar-refractivity contribution in [3.63, 3.8) is 0 Å². The van der Waals surface area contributed by atoms with Gasteiger partial charge in [0.05, 0.1) is 0 Å². The Morgan fingerprint density at radius 1 is 0.907 bits per heavy atom. The number of nitrogens with zero attached hydrogens (tertiary/aromatic N) is 2. The van der Waals surface area contributed by atoms with E-state index in [0.29, 0.717) is 4.57 Å². The highest BCUT2D eigenvalue weighted by atomic mass is 16.6. The van der Waals surface area contributed by atoms with Gasteiger partial charge in [-0.05, 0) is 11.6 Å². The molecule has 1 saturated heterocycles. The summed E-state index contributed by atoms with van der Waals surface area (Å²) in [5, 5.41) is 47.0. The fourth-order valence-corrected chi connectivity index (χ4v) is 5.18. The molecular formula is C31H27N3O9. The van der Waals surface area contributed by atoms with Crippen LogP contribution in [0.25, 0.3) is 0 Å². The number of carbonyl (C=O) groups is 3. The molecule has 1 aliphatic rings. The van der Waals surface area contributed by atoms with Crippen molar-refractivity contribution >= 4 is 23.2 Å². The van der Waals surface area contributed by atoms with Gasteiger partial charge in [-0.25, -0.2) is 4.79 Å². The van der Waals surface area contributed by atoms with Gasteiger partial charge in [0.15, 0.2) is 17.6 Å². The molecule has 6 N–H and O–H groups in total. The summed E-state index contributed by atoms with van der Waals surface area (Å²) in [7, 11) is 0. The fourth-order valence-electron chi connectivity index (χ4n) is 5.18. The molecule has 0 radical (unpaired) electrons. The molecule has 0 bridgehead atoms. The zero-order chi connectivity index (χ0) is 30.9. The van der Waals surface area contributed by atoms with Crippen molar-refractivity contribution < 1.29 is 39.5 Å². The van der Waals surface area contributed by atoms with Gasteiger partial charge in [0.1, 0.15) is 24.1 Å². The maximum atomic E-state index is 14.1. The predicted octanol–water partition coefficient (Wildman–Crippen LogP) is 0.615. The first kappa shape index (κ1) is 29.6. The number of ketones is 3. The predicted molar refractivity (Wildman–Crippen MR) is 151 cm³/mol. The average Bonchev–Trinajstić information content (AvgIpc) is 3.31. The number of aliphatic hydroxyl groups is 4. The van der Waals surface area contributed by atoms with Crippen molar-refractivity contribution in [2.45, 2.75) is 35.7 Å².